The van der Waals surface area contributed by atoms with Crippen molar-refractivity contribution in [1.82, 2.24) is 10.2 Å². The SMILES string of the molecule is CC(=O)NC1CCCN(CC(O)COc2ccc(C)cc2C)C1. The number of nitrogens with one attached hydrogen (secondary N) is 1. The van der Waals surface area contributed by atoms with Gasteiger partial charge < -0.3 is 15.2 Å². The average molecular weight is 320 g/mol. The van der Waals surface area contributed by atoms with Crippen LogP contribution in [0.4, 0.5) is 0 Å². The molecule has 1 fully saturated rings. The highest BCUT2D eigenvalue weighted by atomic mass is 16.5. The molecule has 2 N–H and O–H groups in total. The lowest BCUT2D eigenvalue weighted by molar-refractivity contribution is -0.120. The predicted octanol–water partition coefficient (Wildman–Crippen LogP) is 1.64. The van der Waals surface area contributed by atoms with Crippen molar-refractivity contribution in [1.29, 1.82) is 0 Å². The third-order valence-electron chi connectivity index (χ3n) is 4.14. The van der Waals surface area contributed by atoms with Gasteiger partial charge in [0.1, 0.15) is 18.5 Å². The van der Waals surface area contributed by atoms with Crippen LogP contribution in [-0.4, -0.2) is 54.3 Å². The van der Waals surface area contributed by atoms with E-state index in [-0.39, 0.29) is 18.6 Å². The van der Waals surface area contributed by atoms with E-state index in [4.69, 9.17) is 4.74 Å². The number of piperidine rings is 1. The lowest BCUT2D eigenvalue weighted by Crippen LogP contribution is -2.49. The number of carbonyl (C=O) groups excluding carboxylic acids is 1. The Morgan fingerprint density at radius 2 is 2.26 bits per heavy atom. The molecule has 0 spiro atoms. The van der Waals surface area contributed by atoms with E-state index < -0.39 is 6.10 Å². The zero-order valence-corrected chi connectivity index (χ0v) is 14.3. The first-order chi connectivity index (χ1) is 10.9. The van der Waals surface area contributed by atoms with Crippen LogP contribution in [0.5, 0.6) is 5.75 Å². The summed E-state index contributed by atoms with van der Waals surface area (Å²) in [5.41, 5.74) is 2.29. The van der Waals surface area contributed by atoms with Gasteiger partial charge in [-0.3, -0.25) is 9.69 Å². The molecule has 1 saturated heterocycles. The zero-order chi connectivity index (χ0) is 16.8. The maximum Gasteiger partial charge on any atom is 0.217 e. The van der Waals surface area contributed by atoms with Crippen molar-refractivity contribution >= 4 is 5.91 Å². The molecule has 0 radical (unpaired) electrons. The highest BCUT2D eigenvalue weighted by Crippen LogP contribution is 2.19. The van der Waals surface area contributed by atoms with E-state index in [0.29, 0.717) is 6.54 Å². The number of aliphatic hydroxyl groups is 1. The fourth-order valence-corrected chi connectivity index (χ4v) is 3.12. The third kappa shape index (κ3) is 5.84. The van der Waals surface area contributed by atoms with Crippen LogP contribution in [-0.2, 0) is 4.79 Å². The van der Waals surface area contributed by atoms with Crippen LogP contribution in [0.3, 0.4) is 0 Å². The largest absolute Gasteiger partial charge is 0.491 e. The molecule has 2 unspecified atom stereocenters. The molecule has 23 heavy (non-hydrogen) atoms. The lowest BCUT2D eigenvalue weighted by atomic mass is 10.1. The van der Waals surface area contributed by atoms with Gasteiger partial charge in [-0.25, -0.2) is 0 Å². The van der Waals surface area contributed by atoms with E-state index in [9.17, 15) is 9.90 Å². The summed E-state index contributed by atoms with van der Waals surface area (Å²) < 4.78 is 5.74. The van der Waals surface area contributed by atoms with Crippen molar-refractivity contribution in [2.45, 2.75) is 45.8 Å². The van der Waals surface area contributed by atoms with Crippen molar-refractivity contribution < 1.29 is 14.6 Å². The summed E-state index contributed by atoms with van der Waals surface area (Å²) in [6.45, 7) is 8.21. The van der Waals surface area contributed by atoms with E-state index in [1.54, 1.807) is 6.92 Å². The third-order valence-corrected chi connectivity index (χ3v) is 4.14. The number of aliphatic hydroxyl groups excluding tert-OH is 1. The molecule has 1 aromatic rings. The van der Waals surface area contributed by atoms with E-state index in [0.717, 1.165) is 37.2 Å². The Morgan fingerprint density at radius 1 is 1.48 bits per heavy atom. The Kier molecular flexibility index (Phi) is 6.42. The molecular weight excluding hydrogens is 292 g/mol. The first kappa shape index (κ1) is 17.8. The standard InChI is InChI=1S/C18H28N2O3/c1-13-6-7-18(14(2)9-13)23-12-17(22)11-20-8-4-5-16(10-20)19-15(3)21/h6-7,9,16-17,22H,4-5,8,10-12H2,1-3H3,(H,19,21). The minimum atomic E-state index is -0.535. The second kappa shape index (κ2) is 8.31. The molecule has 1 heterocycles. The van der Waals surface area contributed by atoms with Crippen LogP contribution >= 0.6 is 0 Å². The highest BCUT2D eigenvalue weighted by Gasteiger charge is 2.22. The highest BCUT2D eigenvalue weighted by molar-refractivity contribution is 5.73. The molecule has 0 saturated carbocycles. The minimum Gasteiger partial charge on any atom is -0.491 e. The van der Waals surface area contributed by atoms with E-state index in [1.165, 1.54) is 5.56 Å². The number of rotatable bonds is 6. The Labute approximate surface area is 138 Å². The molecule has 1 aromatic carbocycles. The molecule has 5 nitrogen and oxygen atoms in total. The van der Waals surface area contributed by atoms with Gasteiger partial charge in [-0.15, -0.1) is 0 Å². The summed E-state index contributed by atoms with van der Waals surface area (Å²) in [5.74, 6) is 0.833. The number of aryl methyl sites for hydroxylation is 2. The Balaban J connectivity index is 1.77. The number of benzene rings is 1. The van der Waals surface area contributed by atoms with Gasteiger partial charge in [0.15, 0.2) is 0 Å². The first-order valence-electron chi connectivity index (χ1n) is 8.31. The minimum absolute atomic E-state index is 0.00979. The second-order valence-corrected chi connectivity index (χ2v) is 6.53. The van der Waals surface area contributed by atoms with Gasteiger partial charge in [0.05, 0.1) is 0 Å². The summed E-state index contributed by atoms with van der Waals surface area (Å²) in [5, 5.41) is 13.2. The van der Waals surface area contributed by atoms with Gasteiger partial charge in [0.2, 0.25) is 5.91 Å². The van der Waals surface area contributed by atoms with Gasteiger partial charge >= 0.3 is 0 Å². The zero-order valence-electron chi connectivity index (χ0n) is 14.3. The Hall–Kier alpha value is -1.59. The van der Waals surface area contributed by atoms with Crippen LogP contribution in [0.25, 0.3) is 0 Å². The number of β-amino-alcohol motifs (C(OH)–C–C–N with tert-alkyl or cyclic N) is 1. The topological polar surface area (TPSA) is 61.8 Å². The molecule has 1 amide bonds. The van der Waals surface area contributed by atoms with Gasteiger partial charge in [-0.05, 0) is 44.9 Å². The number of carbonyl (C=O) groups is 1. The average Bonchev–Trinajstić information content (AvgIpc) is 2.46. The number of ether oxygens (including phenoxy) is 1. The van der Waals surface area contributed by atoms with Crippen molar-refractivity contribution in [3.05, 3.63) is 29.3 Å². The summed E-state index contributed by atoms with van der Waals surface area (Å²) >= 11 is 0. The number of hydrogen-bond acceptors (Lipinski definition) is 4. The van der Waals surface area contributed by atoms with E-state index >= 15 is 0 Å². The van der Waals surface area contributed by atoms with Crippen LogP contribution in [0, 0.1) is 13.8 Å². The molecule has 5 heteroatoms. The van der Waals surface area contributed by atoms with Crippen LogP contribution in [0.15, 0.2) is 18.2 Å². The van der Waals surface area contributed by atoms with E-state index in [1.807, 2.05) is 26.0 Å². The van der Waals surface area contributed by atoms with Crippen LogP contribution in [0.1, 0.15) is 30.9 Å². The normalized spacial score (nSPS) is 20.1. The number of likely N-dealkylation sites (tertiary alicyclic amines) is 1. The first-order valence-corrected chi connectivity index (χ1v) is 8.31. The maximum atomic E-state index is 11.2. The summed E-state index contributed by atoms with van der Waals surface area (Å²) in [6, 6.07) is 6.22. The molecular formula is C18H28N2O3. The van der Waals surface area contributed by atoms with Crippen molar-refractivity contribution in [3.63, 3.8) is 0 Å². The fourth-order valence-electron chi connectivity index (χ4n) is 3.12. The Morgan fingerprint density at radius 3 is 2.96 bits per heavy atom. The molecule has 0 aliphatic carbocycles. The molecule has 2 rings (SSSR count). The second-order valence-electron chi connectivity index (χ2n) is 6.53. The maximum absolute atomic E-state index is 11.2. The van der Waals surface area contributed by atoms with Crippen molar-refractivity contribution in [2.75, 3.05) is 26.2 Å². The van der Waals surface area contributed by atoms with Gasteiger partial charge in [-0.2, -0.15) is 0 Å². The monoisotopic (exact) mass is 320 g/mol. The number of amides is 1. The van der Waals surface area contributed by atoms with Gasteiger partial charge in [0, 0.05) is 26.1 Å². The molecule has 0 bridgehead atoms. The number of nitrogens with zero attached hydrogens (tertiary/aromatic N) is 1. The lowest BCUT2D eigenvalue weighted by Gasteiger charge is -2.34. The Bertz CT molecular complexity index is 533. The van der Waals surface area contributed by atoms with E-state index in [2.05, 4.69) is 16.3 Å². The molecule has 128 valence electrons. The molecule has 1 aliphatic heterocycles. The van der Waals surface area contributed by atoms with Crippen LogP contribution < -0.4 is 10.1 Å². The number of hydrogen-bond donors (Lipinski definition) is 2. The van der Waals surface area contributed by atoms with Gasteiger partial charge in [0.25, 0.3) is 0 Å². The fraction of sp³-hybridized carbons (Fsp3) is 0.611. The predicted molar refractivity (Wildman–Crippen MR) is 90.7 cm³/mol. The quantitative estimate of drug-likeness (QED) is 0.836. The van der Waals surface area contributed by atoms with Crippen LogP contribution in [0.2, 0.25) is 0 Å². The smallest absolute Gasteiger partial charge is 0.217 e. The summed E-state index contributed by atoms with van der Waals surface area (Å²) in [4.78, 5) is 13.4. The van der Waals surface area contributed by atoms with Crippen molar-refractivity contribution in [3.8, 4) is 5.75 Å². The summed E-state index contributed by atoms with van der Waals surface area (Å²) in [6.07, 6.45) is 1.51. The molecule has 0 aromatic heterocycles. The molecule has 2 atom stereocenters. The van der Waals surface area contributed by atoms with Crippen molar-refractivity contribution in [2.24, 2.45) is 0 Å². The summed E-state index contributed by atoms with van der Waals surface area (Å²) in [7, 11) is 0. The molecule has 1 aliphatic rings. The van der Waals surface area contributed by atoms with Gasteiger partial charge in [-0.1, -0.05) is 17.7 Å².